The second-order valence-electron chi connectivity index (χ2n) is 2.25. The number of hydrogen-bond donors (Lipinski definition) is 0. The molecular formula is C8H7FO2S. The predicted molar refractivity (Wildman–Crippen MR) is 44.2 cm³/mol. The Bertz CT molecular complexity index is 279. The molecule has 4 heteroatoms. The number of halogens is 1. The fourth-order valence-electron chi connectivity index (χ4n) is 0.751. The topological polar surface area (TPSA) is 34.1 Å². The molecule has 0 saturated heterocycles. The molecule has 0 amide bonds. The van der Waals surface area contributed by atoms with Crippen LogP contribution >= 0.6 is 11.3 Å². The Kier molecular flexibility index (Phi) is 3.10. The standard InChI is InChI=1S/C8H7FO2S/c9-5-6(10)4-7(11)8-2-1-3-12-8/h1-3H,4-5H2. The fraction of sp³-hybridized carbons (Fsp3) is 0.250. The fourth-order valence-corrected chi connectivity index (χ4v) is 1.42. The van der Waals surface area contributed by atoms with Gasteiger partial charge < -0.3 is 0 Å². The number of rotatable bonds is 4. The van der Waals surface area contributed by atoms with E-state index < -0.39 is 12.5 Å². The third kappa shape index (κ3) is 2.23. The van der Waals surface area contributed by atoms with Crippen molar-refractivity contribution in [1.82, 2.24) is 0 Å². The summed E-state index contributed by atoms with van der Waals surface area (Å²) in [7, 11) is 0. The summed E-state index contributed by atoms with van der Waals surface area (Å²) >= 11 is 1.26. The molecule has 64 valence electrons. The van der Waals surface area contributed by atoms with E-state index in [9.17, 15) is 14.0 Å². The molecule has 0 fully saturated rings. The average molecular weight is 186 g/mol. The lowest BCUT2D eigenvalue weighted by Gasteiger charge is -1.92. The molecule has 0 bridgehead atoms. The van der Waals surface area contributed by atoms with E-state index in [2.05, 4.69) is 0 Å². The first-order valence-corrected chi connectivity index (χ1v) is 4.26. The summed E-state index contributed by atoms with van der Waals surface area (Å²) in [4.78, 5) is 22.1. The highest BCUT2D eigenvalue weighted by molar-refractivity contribution is 7.12. The smallest absolute Gasteiger partial charge is 0.180 e. The van der Waals surface area contributed by atoms with Crippen LogP contribution in [0.4, 0.5) is 4.39 Å². The van der Waals surface area contributed by atoms with Crippen LogP contribution in [0.1, 0.15) is 16.1 Å². The summed E-state index contributed by atoms with van der Waals surface area (Å²) in [5.74, 6) is -0.957. The number of alkyl halides is 1. The third-order valence-electron chi connectivity index (χ3n) is 1.30. The molecule has 1 aromatic heterocycles. The van der Waals surface area contributed by atoms with Crippen molar-refractivity contribution in [2.45, 2.75) is 6.42 Å². The van der Waals surface area contributed by atoms with Crippen molar-refractivity contribution >= 4 is 22.9 Å². The van der Waals surface area contributed by atoms with E-state index in [0.717, 1.165) is 0 Å². The van der Waals surface area contributed by atoms with E-state index in [0.29, 0.717) is 4.88 Å². The summed E-state index contributed by atoms with van der Waals surface area (Å²) in [6.07, 6.45) is -0.322. The molecule has 12 heavy (non-hydrogen) atoms. The Balaban J connectivity index is 2.56. The Labute approximate surface area is 73.0 Å². The van der Waals surface area contributed by atoms with E-state index >= 15 is 0 Å². The highest BCUT2D eigenvalue weighted by Crippen LogP contribution is 2.11. The van der Waals surface area contributed by atoms with Gasteiger partial charge in [-0.1, -0.05) is 6.07 Å². The molecule has 1 heterocycles. The van der Waals surface area contributed by atoms with Crippen LogP contribution < -0.4 is 0 Å². The van der Waals surface area contributed by atoms with Crippen LogP contribution in [0.5, 0.6) is 0 Å². The summed E-state index contributed by atoms with van der Waals surface area (Å²) in [5, 5.41) is 1.74. The van der Waals surface area contributed by atoms with Gasteiger partial charge in [0.05, 0.1) is 11.3 Å². The minimum Gasteiger partial charge on any atom is -0.296 e. The Hall–Kier alpha value is -1.03. The number of thiophene rings is 1. The van der Waals surface area contributed by atoms with Gasteiger partial charge in [-0.25, -0.2) is 4.39 Å². The highest BCUT2D eigenvalue weighted by atomic mass is 32.1. The third-order valence-corrected chi connectivity index (χ3v) is 2.21. The van der Waals surface area contributed by atoms with Gasteiger partial charge in [0.25, 0.3) is 0 Å². The van der Waals surface area contributed by atoms with Crippen molar-refractivity contribution in [3.8, 4) is 0 Å². The molecule has 0 aliphatic heterocycles. The molecule has 0 radical (unpaired) electrons. The van der Waals surface area contributed by atoms with Crippen molar-refractivity contribution in [3.63, 3.8) is 0 Å². The first-order valence-electron chi connectivity index (χ1n) is 3.38. The lowest BCUT2D eigenvalue weighted by Crippen LogP contribution is -2.07. The minimum atomic E-state index is -1.06. The van der Waals surface area contributed by atoms with Crippen LogP contribution in [0, 0.1) is 0 Å². The largest absolute Gasteiger partial charge is 0.296 e. The van der Waals surface area contributed by atoms with E-state index in [1.807, 2.05) is 0 Å². The van der Waals surface area contributed by atoms with Gasteiger partial charge in [0, 0.05) is 0 Å². The Morgan fingerprint density at radius 1 is 1.50 bits per heavy atom. The molecule has 1 rings (SSSR count). The summed E-state index contributed by atoms with van der Waals surface area (Å²) in [5.41, 5.74) is 0. The van der Waals surface area contributed by atoms with Gasteiger partial charge in [0.2, 0.25) is 0 Å². The molecule has 0 spiro atoms. The number of carbonyl (C=O) groups is 2. The highest BCUT2D eigenvalue weighted by Gasteiger charge is 2.11. The lowest BCUT2D eigenvalue weighted by molar-refractivity contribution is -0.119. The van der Waals surface area contributed by atoms with Gasteiger partial charge in [-0.05, 0) is 11.4 Å². The zero-order valence-corrected chi connectivity index (χ0v) is 7.07. The van der Waals surface area contributed by atoms with Crippen molar-refractivity contribution in [2.75, 3.05) is 6.67 Å². The number of carbonyl (C=O) groups excluding carboxylic acids is 2. The Morgan fingerprint density at radius 2 is 2.25 bits per heavy atom. The molecule has 0 saturated carbocycles. The van der Waals surface area contributed by atoms with Gasteiger partial charge in [-0.2, -0.15) is 0 Å². The number of Topliss-reactive ketones (excluding diaryl/α,β-unsaturated/α-hetero) is 2. The normalized spacial score (nSPS) is 9.75. The van der Waals surface area contributed by atoms with Gasteiger partial charge >= 0.3 is 0 Å². The molecular weight excluding hydrogens is 179 g/mol. The van der Waals surface area contributed by atoms with E-state index in [4.69, 9.17) is 0 Å². The van der Waals surface area contributed by atoms with Gasteiger partial charge in [-0.3, -0.25) is 9.59 Å². The molecule has 0 N–H and O–H groups in total. The van der Waals surface area contributed by atoms with Crippen molar-refractivity contribution < 1.29 is 14.0 Å². The van der Waals surface area contributed by atoms with Crippen LogP contribution in [-0.2, 0) is 4.79 Å². The zero-order valence-electron chi connectivity index (χ0n) is 6.25. The second kappa shape index (κ2) is 4.11. The molecule has 0 unspecified atom stereocenters. The number of hydrogen-bond acceptors (Lipinski definition) is 3. The van der Waals surface area contributed by atoms with Crippen LogP contribution in [-0.4, -0.2) is 18.2 Å². The molecule has 0 atom stereocenters. The lowest BCUT2D eigenvalue weighted by atomic mass is 10.2. The molecule has 0 aliphatic rings. The maximum atomic E-state index is 11.7. The maximum absolute atomic E-state index is 11.7. The predicted octanol–water partition coefficient (Wildman–Crippen LogP) is 1.86. The molecule has 0 aliphatic carbocycles. The maximum Gasteiger partial charge on any atom is 0.180 e. The van der Waals surface area contributed by atoms with Crippen molar-refractivity contribution in [3.05, 3.63) is 22.4 Å². The first-order chi connectivity index (χ1) is 5.74. The van der Waals surface area contributed by atoms with Crippen LogP contribution in [0.2, 0.25) is 0 Å². The molecule has 0 aromatic carbocycles. The zero-order chi connectivity index (χ0) is 8.97. The molecule has 2 nitrogen and oxygen atoms in total. The van der Waals surface area contributed by atoms with E-state index in [1.165, 1.54) is 11.3 Å². The average Bonchev–Trinajstić information content (AvgIpc) is 2.56. The molecule has 1 aromatic rings. The van der Waals surface area contributed by atoms with Gasteiger partial charge in [0.1, 0.15) is 6.67 Å². The van der Waals surface area contributed by atoms with Gasteiger partial charge in [-0.15, -0.1) is 11.3 Å². The minimum absolute atomic E-state index is 0.298. The summed E-state index contributed by atoms with van der Waals surface area (Å²) in [6.45, 7) is -1.06. The van der Waals surface area contributed by atoms with Gasteiger partial charge in [0.15, 0.2) is 11.6 Å². The summed E-state index contributed by atoms with van der Waals surface area (Å²) in [6, 6.07) is 3.34. The monoisotopic (exact) mass is 186 g/mol. The Morgan fingerprint density at radius 3 is 2.75 bits per heavy atom. The van der Waals surface area contributed by atoms with Crippen LogP contribution in [0.15, 0.2) is 17.5 Å². The van der Waals surface area contributed by atoms with E-state index in [-0.39, 0.29) is 12.2 Å². The van der Waals surface area contributed by atoms with Crippen molar-refractivity contribution in [1.29, 1.82) is 0 Å². The van der Waals surface area contributed by atoms with Crippen LogP contribution in [0.25, 0.3) is 0 Å². The number of ketones is 2. The van der Waals surface area contributed by atoms with E-state index in [1.54, 1.807) is 17.5 Å². The second-order valence-corrected chi connectivity index (χ2v) is 3.20. The SMILES string of the molecule is O=C(CF)CC(=O)c1cccs1. The first kappa shape index (κ1) is 9.06. The van der Waals surface area contributed by atoms with Crippen molar-refractivity contribution in [2.24, 2.45) is 0 Å². The summed E-state index contributed by atoms with van der Waals surface area (Å²) < 4.78 is 11.7. The quantitative estimate of drug-likeness (QED) is 0.531. The van der Waals surface area contributed by atoms with Crippen LogP contribution in [0.3, 0.4) is 0 Å².